The Kier molecular flexibility index (Phi) is 15.5. The summed E-state index contributed by atoms with van der Waals surface area (Å²) < 4.78 is 53.8. The number of amides is 4. The number of carbonyl (C=O) groups excluding carboxylic acids is 4. The number of pyridine rings is 2. The number of H-pyrrole nitrogens is 1. The fourth-order valence-electron chi connectivity index (χ4n) is 5.49. The van der Waals surface area contributed by atoms with Crippen LogP contribution < -0.4 is 29.9 Å². The standard InChI is InChI=1S/C17H15FN6O4.C13H12FN5O3.C4H4BrNO.C4H5NO2/c1-23-15-13(3-2-4-19-15)28-8-12(17(23)26)21-16(25)14-11(18)6-24(22-14)5-10-7-27-9-20-10;1-19-11-9(3-2-4-15-11)22-6-8(13(19)21)17-12(20)10-7(14)5-16-18-10;5-1-4-2-7-3-6-4;6-1-4-2-7-3-5-4/h2-4,6-7,9,12H,5,8H2,1H3,(H,21,25);2-5,8H,6H2,1H3,(H,16,18)(H,17,20);2-3H,1H2;2-3,6H,1H2/t12-;8-;;/m00../s1. The molecule has 9 heterocycles. The van der Waals surface area contributed by atoms with Gasteiger partial charge in [0.15, 0.2) is 65.3 Å². The highest BCUT2D eigenvalue weighted by atomic mass is 79.9. The highest BCUT2D eigenvalue weighted by Gasteiger charge is 2.34. The number of aromatic amines is 1. The Bertz CT molecular complexity index is 2580. The lowest BCUT2D eigenvalue weighted by atomic mass is 10.2. The predicted octanol–water partition coefficient (Wildman–Crippen LogP) is 2.44. The van der Waals surface area contributed by atoms with Gasteiger partial charge in [-0.2, -0.15) is 10.2 Å². The van der Waals surface area contributed by atoms with Crippen LogP contribution in [-0.2, 0) is 28.1 Å². The Labute approximate surface area is 367 Å². The SMILES string of the molecule is BrCc1cocn1.CN1C(=O)[C@@H](NC(=O)c2[nH]ncc2F)COc2cccnc21.CN1C(=O)[C@@H](NC(=O)c2nn(Cc3cocn3)cc2F)COc2cccnc21.OCc1cocn1. The minimum Gasteiger partial charge on any atom is -0.487 e. The van der Waals surface area contributed by atoms with Crippen molar-refractivity contribution < 1.29 is 55.8 Å². The molecule has 2 aliphatic heterocycles. The van der Waals surface area contributed by atoms with Crippen LogP contribution in [0.1, 0.15) is 38.1 Å². The van der Waals surface area contributed by atoms with Crippen LogP contribution in [-0.4, -0.2) is 113 Å². The molecule has 0 saturated carbocycles. The maximum Gasteiger partial charge on any atom is 0.275 e. The van der Waals surface area contributed by atoms with Gasteiger partial charge in [0, 0.05) is 31.8 Å². The first-order valence-electron chi connectivity index (χ1n) is 18.5. The summed E-state index contributed by atoms with van der Waals surface area (Å²) in [5.74, 6) is -2.52. The quantitative estimate of drug-likeness (QED) is 0.159. The maximum atomic E-state index is 14.2. The zero-order chi connectivity index (χ0) is 45.6. The van der Waals surface area contributed by atoms with Crippen LogP contribution in [0.15, 0.2) is 100 Å². The Balaban J connectivity index is 0.000000165. The van der Waals surface area contributed by atoms with Gasteiger partial charge in [-0.05, 0) is 24.3 Å². The van der Waals surface area contributed by atoms with Gasteiger partial charge in [0.2, 0.25) is 0 Å². The van der Waals surface area contributed by atoms with Crippen molar-refractivity contribution in [2.75, 3.05) is 37.1 Å². The first-order valence-corrected chi connectivity index (χ1v) is 19.6. The molecule has 0 saturated heterocycles. The monoisotopic (exact) mass is 951 g/mol. The lowest BCUT2D eigenvalue weighted by Crippen LogP contribution is -2.49. The molecule has 64 heavy (non-hydrogen) atoms. The molecule has 9 rings (SSSR count). The number of likely N-dealkylation sites (N-methyl/N-ethyl adjacent to an activating group) is 2. The van der Waals surface area contributed by atoms with E-state index < -0.39 is 53.0 Å². The molecule has 26 heteroatoms. The van der Waals surface area contributed by atoms with Gasteiger partial charge >= 0.3 is 0 Å². The molecule has 0 spiro atoms. The van der Waals surface area contributed by atoms with E-state index in [-0.39, 0.29) is 32.1 Å². The molecule has 334 valence electrons. The molecule has 4 N–H and O–H groups in total. The van der Waals surface area contributed by atoms with Crippen molar-refractivity contribution in [1.82, 2.24) is 55.5 Å². The number of aromatic nitrogens is 9. The van der Waals surface area contributed by atoms with E-state index >= 15 is 0 Å². The Morgan fingerprint density at radius 1 is 0.797 bits per heavy atom. The number of alkyl halides is 1. The summed E-state index contributed by atoms with van der Waals surface area (Å²) in [7, 11) is 3.05. The molecule has 2 aliphatic rings. The van der Waals surface area contributed by atoms with Gasteiger partial charge in [0.1, 0.15) is 55.5 Å². The van der Waals surface area contributed by atoms with Gasteiger partial charge in [0.25, 0.3) is 23.6 Å². The van der Waals surface area contributed by atoms with Crippen LogP contribution >= 0.6 is 15.9 Å². The number of anilines is 2. The van der Waals surface area contributed by atoms with E-state index in [0.717, 1.165) is 23.4 Å². The Morgan fingerprint density at radius 2 is 1.33 bits per heavy atom. The van der Waals surface area contributed by atoms with Crippen LogP contribution in [0.25, 0.3) is 0 Å². The van der Waals surface area contributed by atoms with Crippen LogP contribution in [0.2, 0.25) is 0 Å². The van der Waals surface area contributed by atoms with Crippen molar-refractivity contribution in [3.8, 4) is 11.5 Å². The third kappa shape index (κ3) is 11.5. The zero-order valence-corrected chi connectivity index (χ0v) is 35.1. The van der Waals surface area contributed by atoms with Gasteiger partial charge in [-0.3, -0.25) is 38.8 Å². The van der Waals surface area contributed by atoms with Gasteiger partial charge in [-0.1, -0.05) is 15.9 Å². The molecule has 4 amide bonds. The van der Waals surface area contributed by atoms with E-state index in [0.29, 0.717) is 34.5 Å². The molecule has 0 unspecified atom stereocenters. The van der Waals surface area contributed by atoms with Crippen molar-refractivity contribution in [2.45, 2.75) is 30.6 Å². The number of aliphatic hydroxyl groups is 1. The molecule has 0 aromatic carbocycles. The summed E-state index contributed by atoms with van der Waals surface area (Å²) >= 11 is 3.21. The number of ether oxygens (including phenoxy) is 2. The van der Waals surface area contributed by atoms with Crippen molar-refractivity contribution in [1.29, 1.82) is 0 Å². The van der Waals surface area contributed by atoms with Crippen molar-refractivity contribution in [3.63, 3.8) is 0 Å². The number of fused-ring (bicyclic) bond motifs is 2. The summed E-state index contributed by atoms with van der Waals surface area (Å²) in [5, 5.41) is 23.6. The van der Waals surface area contributed by atoms with Crippen molar-refractivity contribution >= 4 is 51.2 Å². The van der Waals surface area contributed by atoms with Gasteiger partial charge in [0.05, 0.1) is 31.2 Å². The normalized spacial score (nSPS) is 15.2. The van der Waals surface area contributed by atoms with Crippen LogP contribution in [0.5, 0.6) is 11.5 Å². The Morgan fingerprint density at radius 3 is 1.78 bits per heavy atom. The third-order valence-electron chi connectivity index (χ3n) is 8.64. The average Bonchev–Trinajstić information content (AvgIpc) is 4.18. The number of rotatable bonds is 8. The van der Waals surface area contributed by atoms with E-state index in [9.17, 15) is 28.0 Å². The number of aliphatic hydroxyl groups excluding tert-OH is 1. The summed E-state index contributed by atoms with van der Waals surface area (Å²) in [4.78, 5) is 71.6. The number of hydrogen-bond donors (Lipinski definition) is 4. The maximum absolute atomic E-state index is 14.2. The largest absolute Gasteiger partial charge is 0.487 e. The van der Waals surface area contributed by atoms with Gasteiger partial charge in [-0.25, -0.2) is 33.7 Å². The first kappa shape index (κ1) is 45.7. The summed E-state index contributed by atoms with van der Waals surface area (Å²) in [6.07, 6.45) is 13.4. The fraction of sp³-hybridized carbons (Fsp3) is 0.237. The molecule has 2 atom stereocenters. The van der Waals surface area contributed by atoms with Gasteiger partial charge in [-0.15, -0.1) is 0 Å². The second-order valence-electron chi connectivity index (χ2n) is 13.0. The number of hydrogen-bond acceptors (Lipinski definition) is 17. The van der Waals surface area contributed by atoms with E-state index in [1.165, 1.54) is 72.7 Å². The van der Waals surface area contributed by atoms with E-state index in [1.54, 1.807) is 30.5 Å². The summed E-state index contributed by atoms with van der Waals surface area (Å²) in [6, 6.07) is 4.70. The third-order valence-corrected chi connectivity index (χ3v) is 9.22. The fourth-order valence-corrected chi connectivity index (χ4v) is 5.76. The van der Waals surface area contributed by atoms with Gasteiger partial charge < -0.3 is 38.5 Å². The summed E-state index contributed by atoms with van der Waals surface area (Å²) in [6.45, 7) is -0.107. The lowest BCUT2D eigenvalue weighted by Gasteiger charge is -2.19. The molecule has 0 radical (unpaired) electrons. The van der Waals surface area contributed by atoms with Crippen molar-refractivity contribution in [2.24, 2.45) is 0 Å². The van der Waals surface area contributed by atoms with Crippen LogP contribution in [0, 0.1) is 11.6 Å². The van der Waals surface area contributed by atoms with E-state index in [1.807, 2.05) is 0 Å². The topological polar surface area (TPSA) is 288 Å². The highest BCUT2D eigenvalue weighted by molar-refractivity contribution is 9.08. The molecular formula is C38H36BrF2N13O10. The number of halogens is 3. The second kappa shape index (κ2) is 21.8. The molecular weight excluding hydrogens is 916 g/mol. The zero-order valence-electron chi connectivity index (χ0n) is 33.5. The van der Waals surface area contributed by atoms with E-state index in [2.05, 4.69) is 75.6 Å². The van der Waals surface area contributed by atoms with Crippen LogP contribution in [0.3, 0.4) is 0 Å². The van der Waals surface area contributed by atoms with E-state index in [4.69, 9.17) is 19.0 Å². The lowest BCUT2D eigenvalue weighted by molar-refractivity contribution is -0.121. The second-order valence-corrected chi connectivity index (χ2v) is 13.5. The predicted molar refractivity (Wildman–Crippen MR) is 217 cm³/mol. The number of nitrogens with one attached hydrogen (secondary N) is 3. The number of oxazole rings is 3. The smallest absolute Gasteiger partial charge is 0.275 e. The summed E-state index contributed by atoms with van der Waals surface area (Å²) in [5.41, 5.74) is 1.25. The molecule has 0 bridgehead atoms. The molecule has 0 aliphatic carbocycles. The first-order chi connectivity index (χ1) is 31.0. The average molecular weight is 953 g/mol. The minimum atomic E-state index is -1.02. The molecule has 0 fully saturated rings. The van der Waals surface area contributed by atoms with Crippen molar-refractivity contribution in [3.05, 3.63) is 127 Å². The molecule has 7 aromatic heterocycles. The Hall–Kier alpha value is -7.87. The highest BCUT2D eigenvalue weighted by Crippen LogP contribution is 2.28. The number of carbonyl (C=O) groups is 4. The minimum absolute atomic E-state index is 0.0451. The number of nitrogens with zero attached hydrogens (tertiary/aromatic N) is 10. The molecule has 7 aromatic rings. The molecule has 23 nitrogen and oxygen atoms in total. The van der Waals surface area contributed by atoms with Crippen LogP contribution in [0.4, 0.5) is 20.4 Å².